The van der Waals surface area contributed by atoms with Crippen LogP contribution in [0.1, 0.15) is 39.2 Å². The van der Waals surface area contributed by atoms with Crippen molar-refractivity contribution in [1.29, 1.82) is 0 Å². The molecule has 0 spiro atoms. The molecule has 1 fully saturated rings. The quantitative estimate of drug-likeness (QED) is 0.676. The Kier molecular flexibility index (Phi) is 5.62. The van der Waals surface area contributed by atoms with Crippen molar-refractivity contribution in [1.82, 2.24) is 5.32 Å². The van der Waals surface area contributed by atoms with Crippen molar-refractivity contribution < 1.29 is 28.6 Å². The lowest BCUT2D eigenvalue weighted by molar-refractivity contribution is -0.176. The molecule has 0 bridgehead atoms. The minimum atomic E-state index is -1.83. The molecule has 5 atom stereocenters. The van der Waals surface area contributed by atoms with Gasteiger partial charge in [0.2, 0.25) is 0 Å². The van der Waals surface area contributed by atoms with Crippen LogP contribution in [0.4, 0.5) is 8.78 Å². The molecule has 2 aromatic carbocycles. The first-order chi connectivity index (χ1) is 14.0. The molecule has 0 aromatic heterocycles. The Morgan fingerprint density at radius 2 is 1.73 bits per heavy atom. The number of benzene rings is 2. The molecule has 162 valence electrons. The fourth-order valence-electron chi connectivity index (χ4n) is 5.57. The summed E-state index contributed by atoms with van der Waals surface area (Å²) in [6, 6.07) is 7.52. The van der Waals surface area contributed by atoms with Crippen LogP contribution in [0.15, 0.2) is 36.4 Å². The van der Waals surface area contributed by atoms with E-state index in [-0.39, 0.29) is 10.9 Å². The van der Waals surface area contributed by atoms with Crippen LogP contribution in [0, 0.1) is 22.6 Å². The first kappa shape index (κ1) is 22.2. The molecule has 1 aliphatic heterocycles. The number of halogens is 2. The van der Waals surface area contributed by atoms with Crippen molar-refractivity contribution in [2.24, 2.45) is 16.7 Å². The van der Waals surface area contributed by atoms with Crippen LogP contribution in [-0.4, -0.2) is 40.9 Å². The first-order valence-corrected chi connectivity index (χ1v) is 10.00. The molecule has 5 nitrogen and oxygen atoms in total. The monoisotopic (exact) mass is 419 g/mol. The Hall–Kier alpha value is -2.54. The summed E-state index contributed by atoms with van der Waals surface area (Å²) in [5.74, 6) is -4.79. The third kappa shape index (κ3) is 2.82. The first-order valence-electron chi connectivity index (χ1n) is 10.00. The van der Waals surface area contributed by atoms with E-state index >= 15 is 4.39 Å². The van der Waals surface area contributed by atoms with Crippen molar-refractivity contribution in [2.75, 3.05) is 6.67 Å². The topological polar surface area (TPSA) is 86.6 Å². The van der Waals surface area contributed by atoms with Crippen molar-refractivity contribution >= 4 is 22.7 Å². The van der Waals surface area contributed by atoms with E-state index in [4.69, 9.17) is 0 Å². The van der Waals surface area contributed by atoms with Gasteiger partial charge in [0.1, 0.15) is 12.5 Å². The molecule has 3 rings (SSSR count). The summed E-state index contributed by atoms with van der Waals surface area (Å²) in [6.45, 7) is 5.41. The molecule has 1 saturated heterocycles. The van der Waals surface area contributed by atoms with Crippen molar-refractivity contribution in [3.63, 3.8) is 0 Å². The average Bonchev–Trinajstić information content (AvgIpc) is 2.68. The predicted molar refractivity (Wildman–Crippen MR) is 110 cm³/mol. The average molecular weight is 419 g/mol. The number of carbonyl (C=O) groups is 2. The van der Waals surface area contributed by atoms with Crippen LogP contribution in [-0.2, 0) is 9.59 Å². The number of carboxylic acids is 2. The van der Waals surface area contributed by atoms with Gasteiger partial charge < -0.3 is 15.5 Å². The summed E-state index contributed by atoms with van der Waals surface area (Å²) in [5, 5.41) is 24.3. The van der Waals surface area contributed by atoms with E-state index in [0.717, 1.165) is 0 Å². The highest BCUT2D eigenvalue weighted by Crippen LogP contribution is 2.59. The van der Waals surface area contributed by atoms with Gasteiger partial charge in [-0.25, -0.2) is 8.78 Å². The van der Waals surface area contributed by atoms with E-state index in [0.29, 0.717) is 5.39 Å². The van der Waals surface area contributed by atoms with Gasteiger partial charge in [-0.05, 0) is 36.8 Å². The molecule has 1 heterocycles. The van der Waals surface area contributed by atoms with E-state index in [1.54, 1.807) is 51.1 Å². The summed E-state index contributed by atoms with van der Waals surface area (Å²) >= 11 is 0. The maximum absolute atomic E-state index is 15.0. The third-order valence-electron chi connectivity index (χ3n) is 7.11. The molecule has 0 aliphatic carbocycles. The number of hydrogen-bond acceptors (Lipinski definition) is 3. The minimum absolute atomic E-state index is 0.176. The highest BCUT2D eigenvalue weighted by Gasteiger charge is 2.67. The SMILES string of the molecule is CC(C)C1(C(=O)O)C(C)NC(CF)C(C)(C(=O)O)C1c1cccc2cccc(F)c12. The second-order valence-corrected chi connectivity index (χ2v) is 8.69. The molecular weight excluding hydrogens is 392 g/mol. The smallest absolute Gasteiger partial charge is 0.312 e. The van der Waals surface area contributed by atoms with Crippen LogP contribution in [0.2, 0.25) is 0 Å². The highest BCUT2D eigenvalue weighted by atomic mass is 19.1. The zero-order chi connectivity index (χ0) is 22.4. The second-order valence-electron chi connectivity index (χ2n) is 8.69. The van der Waals surface area contributed by atoms with Crippen molar-refractivity contribution in [3.05, 3.63) is 47.8 Å². The number of fused-ring (bicyclic) bond motifs is 1. The lowest BCUT2D eigenvalue weighted by Crippen LogP contribution is -2.71. The van der Waals surface area contributed by atoms with Gasteiger partial charge in [-0.2, -0.15) is 0 Å². The second kappa shape index (κ2) is 7.61. The van der Waals surface area contributed by atoms with Crippen molar-refractivity contribution in [2.45, 2.75) is 45.7 Å². The number of hydrogen-bond donors (Lipinski definition) is 3. The lowest BCUT2D eigenvalue weighted by Gasteiger charge is -2.58. The Morgan fingerprint density at radius 1 is 1.13 bits per heavy atom. The number of alkyl halides is 1. The lowest BCUT2D eigenvalue weighted by atomic mass is 9.48. The van der Waals surface area contributed by atoms with E-state index in [9.17, 15) is 24.2 Å². The Balaban J connectivity index is 2.51. The molecule has 0 amide bonds. The van der Waals surface area contributed by atoms with E-state index in [1.807, 2.05) is 0 Å². The van der Waals surface area contributed by atoms with Crippen molar-refractivity contribution in [3.8, 4) is 0 Å². The van der Waals surface area contributed by atoms with Gasteiger partial charge >= 0.3 is 11.9 Å². The van der Waals surface area contributed by atoms with E-state index in [2.05, 4.69) is 5.32 Å². The Morgan fingerprint density at radius 3 is 2.23 bits per heavy atom. The predicted octanol–water partition coefficient (Wildman–Crippen LogP) is 4.21. The summed E-state index contributed by atoms with van der Waals surface area (Å²) in [5.41, 5.74) is -3.17. The Bertz CT molecular complexity index is 989. The summed E-state index contributed by atoms with van der Waals surface area (Å²) in [4.78, 5) is 25.4. The number of carboxylic acid groups (broad SMARTS) is 2. The zero-order valence-electron chi connectivity index (χ0n) is 17.4. The van der Waals surface area contributed by atoms with Crippen LogP contribution in [0.25, 0.3) is 10.8 Å². The molecule has 5 unspecified atom stereocenters. The molecule has 0 radical (unpaired) electrons. The third-order valence-corrected chi connectivity index (χ3v) is 7.11. The van der Waals surface area contributed by atoms with Gasteiger partial charge in [0.05, 0.1) is 16.9 Å². The van der Waals surface area contributed by atoms with Gasteiger partial charge in [0.15, 0.2) is 0 Å². The summed E-state index contributed by atoms with van der Waals surface area (Å²) in [7, 11) is 0. The van der Waals surface area contributed by atoms with E-state index in [1.165, 1.54) is 13.0 Å². The normalized spacial score (nSPS) is 31.8. The molecule has 3 N–H and O–H groups in total. The molecule has 1 aliphatic rings. The fourth-order valence-corrected chi connectivity index (χ4v) is 5.57. The van der Waals surface area contributed by atoms with Crippen LogP contribution >= 0.6 is 0 Å². The largest absolute Gasteiger partial charge is 0.481 e. The van der Waals surface area contributed by atoms with Gasteiger partial charge in [-0.1, -0.05) is 44.2 Å². The number of aliphatic carboxylic acids is 2. The molecule has 2 aromatic rings. The fraction of sp³-hybridized carbons (Fsp3) is 0.478. The molecular formula is C23H27F2NO4. The molecule has 7 heteroatoms. The van der Waals surface area contributed by atoms with Gasteiger partial charge in [0.25, 0.3) is 0 Å². The van der Waals surface area contributed by atoms with Gasteiger partial charge in [0, 0.05) is 17.3 Å². The van der Waals surface area contributed by atoms with Gasteiger partial charge in [-0.15, -0.1) is 0 Å². The maximum Gasteiger partial charge on any atom is 0.312 e. The van der Waals surface area contributed by atoms with Crippen LogP contribution < -0.4 is 5.32 Å². The zero-order valence-corrected chi connectivity index (χ0v) is 17.4. The van der Waals surface area contributed by atoms with Crippen LogP contribution in [0.5, 0.6) is 0 Å². The standard InChI is InChI=1S/C23H27F2NO4/c1-12(2)23(21(29)30)13(3)26-17(11-24)22(4,20(27)28)19(23)15-9-5-7-14-8-6-10-16(25)18(14)15/h5-10,12-13,17,19,26H,11H2,1-4H3,(H,27,28)(H,29,30). The minimum Gasteiger partial charge on any atom is -0.481 e. The number of rotatable bonds is 5. The summed E-state index contributed by atoms with van der Waals surface area (Å²) < 4.78 is 29.1. The highest BCUT2D eigenvalue weighted by molar-refractivity contribution is 5.91. The Labute approximate surface area is 174 Å². The molecule has 30 heavy (non-hydrogen) atoms. The molecule has 0 saturated carbocycles. The van der Waals surface area contributed by atoms with Crippen LogP contribution in [0.3, 0.4) is 0 Å². The maximum atomic E-state index is 15.0. The van der Waals surface area contributed by atoms with E-state index < -0.39 is 59.2 Å². The number of nitrogens with one attached hydrogen (secondary N) is 1. The summed E-state index contributed by atoms with van der Waals surface area (Å²) in [6.07, 6.45) is 0. The number of piperidine rings is 1. The van der Waals surface area contributed by atoms with Gasteiger partial charge in [-0.3, -0.25) is 9.59 Å².